The van der Waals surface area contributed by atoms with Gasteiger partial charge in [-0.25, -0.2) is 4.98 Å². The van der Waals surface area contributed by atoms with E-state index in [2.05, 4.69) is 10.3 Å². The number of thioether (sulfide) groups is 1. The molecule has 2 rings (SSSR count). The second-order valence-corrected chi connectivity index (χ2v) is 6.02. The first-order valence-electron chi connectivity index (χ1n) is 6.14. The third-order valence-electron chi connectivity index (χ3n) is 2.63. The molecule has 110 valence electrons. The number of carbonyl (C=O) groups excluding carboxylic acids is 1. The van der Waals surface area contributed by atoms with Crippen LogP contribution in [0, 0.1) is 0 Å². The summed E-state index contributed by atoms with van der Waals surface area (Å²) in [6.07, 6.45) is 1.88. The van der Waals surface area contributed by atoms with Gasteiger partial charge in [-0.05, 0) is 24.0 Å². The number of hydrogen-bond donors (Lipinski definition) is 2. The van der Waals surface area contributed by atoms with Crippen molar-refractivity contribution < 1.29 is 14.7 Å². The zero-order valence-corrected chi connectivity index (χ0v) is 13.0. The Morgan fingerprint density at radius 2 is 2.05 bits per heavy atom. The highest BCUT2D eigenvalue weighted by Gasteiger charge is 2.10. The molecule has 1 heterocycles. The summed E-state index contributed by atoms with van der Waals surface area (Å²) in [6.45, 7) is 0. The number of hydrogen-bond acceptors (Lipinski definition) is 5. The van der Waals surface area contributed by atoms with E-state index in [9.17, 15) is 9.59 Å². The van der Waals surface area contributed by atoms with Crippen LogP contribution in [0.4, 0.5) is 5.13 Å². The normalized spacial score (nSPS) is 10.3. The lowest BCUT2D eigenvalue weighted by Gasteiger charge is -2.03. The number of thiazole rings is 1. The van der Waals surface area contributed by atoms with Crippen LogP contribution in [-0.2, 0) is 17.0 Å². The zero-order chi connectivity index (χ0) is 15.2. The van der Waals surface area contributed by atoms with Gasteiger partial charge in [0.1, 0.15) is 0 Å². The highest BCUT2D eigenvalue weighted by molar-refractivity contribution is 7.97. The van der Waals surface area contributed by atoms with Gasteiger partial charge in [-0.15, -0.1) is 11.3 Å². The maximum absolute atomic E-state index is 12.0. The second-order valence-electron chi connectivity index (χ2n) is 4.30. The molecule has 2 aromatic rings. The third-order valence-corrected chi connectivity index (χ3v) is 4.06. The summed E-state index contributed by atoms with van der Waals surface area (Å²) in [5.74, 6) is -0.281. The van der Waals surface area contributed by atoms with Gasteiger partial charge in [0, 0.05) is 16.7 Å². The highest BCUT2D eigenvalue weighted by Crippen LogP contribution is 2.17. The molecule has 0 aliphatic heterocycles. The smallest absolute Gasteiger partial charge is 0.309 e. The number of amides is 1. The molecule has 0 atom stereocenters. The van der Waals surface area contributed by atoms with E-state index in [0.29, 0.717) is 16.4 Å². The van der Waals surface area contributed by atoms with Crippen LogP contribution in [0.3, 0.4) is 0 Å². The Hall–Kier alpha value is -1.86. The molecule has 0 saturated carbocycles. The summed E-state index contributed by atoms with van der Waals surface area (Å²) in [7, 11) is 0. The van der Waals surface area contributed by atoms with Crippen LogP contribution in [-0.4, -0.2) is 28.2 Å². The standard InChI is InChI=1S/C14H14N2O3S2/c1-20-7-9-2-4-10(5-3-9)13(19)16-14-15-11(8-21-14)6-12(17)18/h2-5,8H,6-7H2,1H3,(H,17,18)(H,15,16,19). The Morgan fingerprint density at radius 1 is 1.33 bits per heavy atom. The van der Waals surface area contributed by atoms with E-state index in [-0.39, 0.29) is 12.3 Å². The van der Waals surface area contributed by atoms with Gasteiger partial charge >= 0.3 is 5.97 Å². The Kier molecular flexibility index (Phi) is 5.35. The van der Waals surface area contributed by atoms with Gasteiger partial charge in [0.25, 0.3) is 5.91 Å². The molecule has 0 spiro atoms. The number of benzene rings is 1. The molecular weight excluding hydrogens is 308 g/mol. The minimum Gasteiger partial charge on any atom is -0.481 e. The molecule has 0 unspecified atom stereocenters. The molecule has 7 heteroatoms. The van der Waals surface area contributed by atoms with E-state index in [4.69, 9.17) is 5.11 Å². The Balaban J connectivity index is 2.00. The number of nitrogens with one attached hydrogen (secondary N) is 1. The molecule has 0 bridgehead atoms. The molecular formula is C14H14N2O3S2. The Morgan fingerprint density at radius 3 is 2.67 bits per heavy atom. The van der Waals surface area contributed by atoms with Gasteiger partial charge in [0.15, 0.2) is 5.13 Å². The predicted octanol–water partition coefficient (Wildman–Crippen LogP) is 2.89. The van der Waals surface area contributed by atoms with E-state index in [0.717, 1.165) is 11.3 Å². The number of aliphatic carboxylic acids is 1. The van der Waals surface area contributed by atoms with Gasteiger partial charge in [0.05, 0.1) is 12.1 Å². The van der Waals surface area contributed by atoms with Crippen molar-refractivity contribution in [3.8, 4) is 0 Å². The minimum absolute atomic E-state index is 0.143. The fourth-order valence-electron chi connectivity index (χ4n) is 1.69. The van der Waals surface area contributed by atoms with Crippen molar-refractivity contribution in [1.29, 1.82) is 0 Å². The predicted molar refractivity (Wildman–Crippen MR) is 85.1 cm³/mol. The van der Waals surface area contributed by atoms with Crippen molar-refractivity contribution in [3.05, 3.63) is 46.5 Å². The summed E-state index contributed by atoms with van der Waals surface area (Å²) >= 11 is 2.94. The van der Waals surface area contributed by atoms with E-state index in [1.54, 1.807) is 29.3 Å². The van der Waals surface area contributed by atoms with Crippen molar-refractivity contribution in [3.63, 3.8) is 0 Å². The van der Waals surface area contributed by atoms with Crippen LogP contribution in [0.25, 0.3) is 0 Å². The fourth-order valence-corrected chi connectivity index (χ4v) is 2.92. The lowest BCUT2D eigenvalue weighted by Crippen LogP contribution is -2.12. The SMILES string of the molecule is CSCc1ccc(C(=O)Nc2nc(CC(=O)O)cs2)cc1. The molecule has 0 aliphatic rings. The van der Waals surface area contributed by atoms with Gasteiger partial charge < -0.3 is 5.11 Å². The van der Waals surface area contributed by atoms with E-state index in [1.165, 1.54) is 11.3 Å². The van der Waals surface area contributed by atoms with E-state index >= 15 is 0 Å². The number of aromatic nitrogens is 1. The second kappa shape index (κ2) is 7.24. The summed E-state index contributed by atoms with van der Waals surface area (Å²) in [5.41, 5.74) is 2.16. The monoisotopic (exact) mass is 322 g/mol. The van der Waals surface area contributed by atoms with Gasteiger partial charge in [-0.2, -0.15) is 11.8 Å². The molecule has 2 N–H and O–H groups in total. The van der Waals surface area contributed by atoms with Crippen molar-refractivity contribution in [2.75, 3.05) is 11.6 Å². The van der Waals surface area contributed by atoms with Gasteiger partial charge in [-0.1, -0.05) is 12.1 Å². The fraction of sp³-hybridized carbons (Fsp3) is 0.214. The first-order chi connectivity index (χ1) is 10.1. The number of carboxylic acids is 1. The number of rotatable bonds is 6. The van der Waals surface area contributed by atoms with Crippen LogP contribution in [0.15, 0.2) is 29.6 Å². The molecule has 1 amide bonds. The zero-order valence-electron chi connectivity index (χ0n) is 11.3. The molecule has 0 saturated heterocycles. The molecule has 0 aliphatic carbocycles. The summed E-state index contributed by atoms with van der Waals surface area (Å²) < 4.78 is 0. The number of carbonyl (C=O) groups is 2. The van der Waals surface area contributed by atoms with Crippen molar-refractivity contribution in [2.45, 2.75) is 12.2 Å². The number of anilines is 1. The molecule has 1 aromatic carbocycles. The molecule has 21 heavy (non-hydrogen) atoms. The maximum Gasteiger partial charge on any atom is 0.309 e. The number of carboxylic acid groups (broad SMARTS) is 1. The first kappa shape index (κ1) is 15.5. The summed E-state index contributed by atoms with van der Waals surface area (Å²) in [6, 6.07) is 7.38. The van der Waals surface area contributed by atoms with Gasteiger partial charge in [0.2, 0.25) is 0 Å². The van der Waals surface area contributed by atoms with Crippen LogP contribution < -0.4 is 5.32 Å². The van der Waals surface area contributed by atoms with Gasteiger partial charge in [-0.3, -0.25) is 14.9 Å². The van der Waals surface area contributed by atoms with Crippen LogP contribution in [0.5, 0.6) is 0 Å². The Labute approximate surface area is 130 Å². The van der Waals surface area contributed by atoms with Crippen molar-refractivity contribution in [2.24, 2.45) is 0 Å². The topological polar surface area (TPSA) is 79.3 Å². The van der Waals surface area contributed by atoms with Crippen molar-refractivity contribution in [1.82, 2.24) is 4.98 Å². The van der Waals surface area contributed by atoms with Crippen LogP contribution in [0.1, 0.15) is 21.6 Å². The maximum atomic E-state index is 12.0. The first-order valence-corrected chi connectivity index (χ1v) is 8.41. The van der Waals surface area contributed by atoms with Crippen molar-refractivity contribution >= 4 is 40.1 Å². The Bertz CT molecular complexity index is 638. The lowest BCUT2D eigenvalue weighted by molar-refractivity contribution is -0.136. The van der Waals surface area contributed by atoms with Crippen LogP contribution in [0.2, 0.25) is 0 Å². The number of nitrogens with zero attached hydrogens (tertiary/aromatic N) is 1. The average molecular weight is 322 g/mol. The molecule has 5 nitrogen and oxygen atoms in total. The highest BCUT2D eigenvalue weighted by atomic mass is 32.2. The summed E-state index contributed by atoms with van der Waals surface area (Å²) in [4.78, 5) is 26.7. The largest absolute Gasteiger partial charge is 0.481 e. The third kappa shape index (κ3) is 4.57. The molecule has 1 aromatic heterocycles. The minimum atomic E-state index is -0.942. The molecule has 0 radical (unpaired) electrons. The summed E-state index contributed by atoms with van der Waals surface area (Å²) in [5, 5.41) is 13.4. The lowest BCUT2D eigenvalue weighted by atomic mass is 10.1. The quantitative estimate of drug-likeness (QED) is 0.855. The van der Waals surface area contributed by atoms with Crippen LogP contribution >= 0.6 is 23.1 Å². The average Bonchev–Trinajstić information content (AvgIpc) is 2.86. The molecule has 0 fully saturated rings. The van der Waals surface area contributed by atoms with E-state index < -0.39 is 5.97 Å². The van der Waals surface area contributed by atoms with E-state index in [1.807, 2.05) is 18.4 Å².